The molecular formula is C30H33N3O4. The number of nitrogens with zero attached hydrogens (tertiary/aromatic N) is 3. The standard InChI is InChI=1S/C30H33N3O4/c1-3-32(4-2)19-8-20-33-27(26(29(35)30(33)36)28(34)24-15-17-31-18-16-24)23-11-13-25(14-12-23)37-21-22-9-6-5-7-10-22/h5-7,9-18,27,34H,3-4,8,19-21H2,1-2H3/b28-26+. The molecule has 0 radical (unpaired) electrons. The van der Waals surface area contributed by atoms with Gasteiger partial charge in [-0.05, 0) is 61.4 Å². The fraction of sp³-hybridized carbons (Fsp3) is 0.300. The summed E-state index contributed by atoms with van der Waals surface area (Å²) < 4.78 is 5.92. The molecule has 1 aliphatic heterocycles. The Kier molecular flexibility index (Phi) is 8.69. The van der Waals surface area contributed by atoms with Crippen molar-refractivity contribution >= 4 is 17.4 Å². The van der Waals surface area contributed by atoms with E-state index >= 15 is 0 Å². The van der Waals surface area contributed by atoms with Gasteiger partial charge in [0.1, 0.15) is 18.1 Å². The third-order valence-electron chi connectivity index (χ3n) is 6.71. The minimum absolute atomic E-state index is 0.0944. The van der Waals surface area contributed by atoms with E-state index in [2.05, 4.69) is 23.7 Å². The number of Topliss-reactive ketones (excluding diaryl/α,β-unsaturated/α-hetero) is 1. The summed E-state index contributed by atoms with van der Waals surface area (Å²) >= 11 is 0. The van der Waals surface area contributed by atoms with Crippen molar-refractivity contribution in [2.24, 2.45) is 0 Å². The molecule has 0 saturated carbocycles. The van der Waals surface area contributed by atoms with Crippen LogP contribution in [-0.4, -0.2) is 57.8 Å². The maximum atomic E-state index is 13.2. The summed E-state index contributed by atoms with van der Waals surface area (Å²) in [5.74, 6) is -0.780. The number of likely N-dealkylation sites (tertiary alicyclic amines) is 1. The van der Waals surface area contributed by atoms with E-state index in [0.29, 0.717) is 24.5 Å². The predicted molar refractivity (Wildman–Crippen MR) is 143 cm³/mol. The van der Waals surface area contributed by atoms with Crippen molar-refractivity contribution in [1.82, 2.24) is 14.8 Å². The monoisotopic (exact) mass is 499 g/mol. The lowest BCUT2D eigenvalue weighted by atomic mass is 9.95. The molecule has 2 aromatic carbocycles. The largest absolute Gasteiger partial charge is 0.507 e. The van der Waals surface area contributed by atoms with Crippen LogP contribution in [0.2, 0.25) is 0 Å². The molecule has 192 valence electrons. The van der Waals surface area contributed by atoms with Crippen molar-refractivity contribution < 1.29 is 19.4 Å². The minimum Gasteiger partial charge on any atom is -0.507 e. The molecule has 1 unspecified atom stereocenters. The van der Waals surface area contributed by atoms with Crippen LogP contribution in [0.5, 0.6) is 5.75 Å². The second-order valence-electron chi connectivity index (χ2n) is 8.95. The lowest BCUT2D eigenvalue weighted by Gasteiger charge is -2.27. The van der Waals surface area contributed by atoms with E-state index < -0.39 is 17.7 Å². The molecule has 0 spiro atoms. The topological polar surface area (TPSA) is 83.0 Å². The Morgan fingerprint density at radius 1 is 0.973 bits per heavy atom. The molecule has 1 aliphatic rings. The molecule has 1 saturated heterocycles. The molecule has 4 rings (SSSR count). The van der Waals surface area contributed by atoms with Gasteiger partial charge in [0.2, 0.25) is 0 Å². The molecule has 7 heteroatoms. The van der Waals surface area contributed by atoms with Gasteiger partial charge in [-0.25, -0.2) is 0 Å². The van der Waals surface area contributed by atoms with Crippen LogP contribution in [0.4, 0.5) is 0 Å². The first-order valence-electron chi connectivity index (χ1n) is 12.7. The molecule has 3 aromatic rings. The smallest absolute Gasteiger partial charge is 0.295 e. The number of carbonyl (C=O) groups excluding carboxylic acids is 2. The minimum atomic E-state index is -0.687. The number of aliphatic hydroxyl groups is 1. The number of amides is 1. The van der Waals surface area contributed by atoms with Crippen molar-refractivity contribution in [3.8, 4) is 5.75 Å². The average molecular weight is 500 g/mol. The first-order chi connectivity index (χ1) is 18.0. The number of aromatic nitrogens is 1. The normalized spacial score (nSPS) is 16.9. The highest BCUT2D eigenvalue weighted by molar-refractivity contribution is 6.46. The van der Waals surface area contributed by atoms with Gasteiger partial charge in [0.05, 0.1) is 11.6 Å². The SMILES string of the molecule is CCN(CC)CCCN1C(=O)C(=O)/C(=C(/O)c2ccncc2)C1c1ccc(OCc2ccccc2)cc1. The summed E-state index contributed by atoms with van der Waals surface area (Å²) in [6, 6.07) is 19.8. The molecule has 2 heterocycles. The fourth-order valence-corrected chi connectivity index (χ4v) is 4.61. The van der Waals surface area contributed by atoms with Crippen molar-refractivity contribution in [2.75, 3.05) is 26.2 Å². The number of ether oxygens (including phenoxy) is 1. The first-order valence-corrected chi connectivity index (χ1v) is 12.7. The molecule has 0 aliphatic carbocycles. The Bertz CT molecular complexity index is 1220. The highest BCUT2D eigenvalue weighted by Gasteiger charge is 2.45. The molecular weight excluding hydrogens is 466 g/mol. The van der Waals surface area contributed by atoms with Gasteiger partial charge >= 0.3 is 0 Å². The Balaban J connectivity index is 1.63. The number of benzene rings is 2. The molecule has 7 nitrogen and oxygen atoms in total. The Labute approximate surface area is 218 Å². The van der Waals surface area contributed by atoms with Crippen LogP contribution in [0.3, 0.4) is 0 Å². The van der Waals surface area contributed by atoms with Gasteiger partial charge < -0.3 is 19.6 Å². The van der Waals surface area contributed by atoms with Crippen LogP contribution in [0, 0.1) is 0 Å². The highest BCUT2D eigenvalue weighted by Crippen LogP contribution is 2.39. The zero-order chi connectivity index (χ0) is 26.2. The third-order valence-corrected chi connectivity index (χ3v) is 6.71. The summed E-state index contributed by atoms with van der Waals surface area (Å²) in [4.78, 5) is 34.2. The summed E-state index contributed by atoms with van der Waals surface area (Å²) in [6.45, 7) is 7.71. The van der Waals surface area contributed by atoms with E-state index in [1.165, 1.54) is 0 Å². The van der Waals surface area contributed by atoms with Crippen LogP contribution in [0.15, 0.2) is 84.7 Å². The second kappa shape index (κ2) is 12.3. The zero-order valence-corrected chi connectivity index (χ0v) is 21.3. The van der Waals surface area contributed by atoms with Gasteiger partial charge in [0.15, 0.2) is 0 Å². The van der Waals surface area contributed by atoms with E-state index in [0.717, 1.165) is 37.2 Å². The predicted octanol–water partition coefficient (Wildman–Crippen LogP) is 4.81. The second-order valence-corrected chi connectivity index (χ2v) is 8.95. The number of ketones is 1. The number of hydrogen-bond acceptors (Lipinski definition) is 6. The molecule has 37 heavy (non-hydrogen) atoms. The highest BCUT2D eigenvalue weighted by atomic mass is 16.5. The van der Waals surface area contributed by atoms with Crippen LogP contribution in [-0.2, 0) is 16.2 Å². The number of aliphatic hydroxyl groups excluding tert-OH is 1. The number of pyridine rings is 1. The summed E-state index contributed by atoms with van der Waals surface area (Å²) in [5.41, 5.74) is 2.34. The van der Waals surface area contributed by atoms with E-state index in [9.17, 15) is 14.7 Å². The van der Waals surface area contributed by atoms with Crippen LogP contribution in [0.25, 0.3) is 5.76 Å². The fourth-order valence-electron chi connectivity index (χ4n) is 4.61. The maximum Gasteiger partial charge on any atom is 0.295 e. The van der Waals surface area contributed by atoms with Gasteiger partial charge in [0, 0.05) is 24.5 Å². The van der Waals surface area contributed by atoms with E-state index in [-0.39, 0.29) is 11.3 Å². The van der Waals surface area contributed by atoms with Gasteiger partial charge in [-0.15, -0.1) is 0 Å². The van der Waals surface area contributed by atoms with E-state index in [1.54, 1.807) is 29.4 Å². The Morgan fingerprint density at radius 2 is 1.65 bits per heavy atom. The molecule has 1 N–H and O–H groups in total. The quantitative estimate of drug-likeness (QED) is 0.232. The first kappa shape index (κ1) is 26.1. The third kappa shape index (κ3) is 6.06. The Hall–Kier alpha value is -3.97. The summed E-state index contributed by atoms with van der Waals surface area (Å²) in [7, 11) is 0. The van der Waals surface area contributed by atoms with Gasteiger partial charge in [0.25, 0.3) is 11.7 Å². The number of carbonyl (C=O) groups is 2. The van der Waals surface area contributed by atoms with Crippen LogP contribution in [0.1, 0.15) is 43.0 Å². The Morgan fingerprint density at radius 3 is 2.30 bits per heavy atom. The molecule has 1 fully saturated rings. The van der Waals surface area contributed by atoms with Gasteiger partial charge in [-0.2, -0.15) is 0 Å². The van der Waals surface area contributed by atoms with Crippen molar-refractivity contribution in [1.29, 1.82) is 0 Å². The number of rotatable bonds is 11. The number of hydrogen-bond donors (Lipinski definition) is 1. The maximum absolute atomic E-state index is 13.2. The van der Waals surface area contributed by atoms with Gasteiger partial charge in [-0.3, -0.25) is 14.6 Å². The van der Waals surface area contributed by atoms with Crippen LogP contribution >= 0.6 is 0 Å². The van der Waals surface area contributed by atoms with Crippen LogP contribution < -0.4 is 4.74 Å². The molecule has 1 amide bonds. The molecule has 1 atom stereocenters. The zero-order valence-electron chi connectivity index (χ0n) is 21.3. The summed E-state index contributed by atoms with van der Waals surface area (Å²) in [6.07, 6.45) is 3.81. The van der Waals surface area contributed by atoms with E-state index in [1.807, 2.05) is 54.6 Å². The molecule has 0 bridgehead atoms. The van der Waals surface area contributed by atoms with Crippen molar-refractivity contribution in [3.05, 3.63) is 101 Å². The summed E-state index contributed by atoms with van der Waals surface area (Å²) in [5, 5.41) is 11.1. The molecule has 1 aromatic heterocycles. The van der Waals surface area contributed by atoms with Gasteiger partial charge in [-0.1, -0.05) is 56.3 Å². The average Bonchev–Trinajstić information content (AvgIpc) is 3.20. The van der Waals surface area contributed by atoms with Crippen molar-refractivity contribution in [3.63, 3.8) is 0 Å². The lowest BCUT2D eigenvalue weighted by Crippen LogP contribution is -2.33. The van der Waals surface area contributed by atoms with Crippen molar-refractivity contribution in [2.45, 2.75) is 32.9 Å². The lowest BCUT2D eigenvalue weighted by molar-refractivity contribution is -0.140. The van der Waals surface area contributed by atoms with E-state index in [4.69, 9.17) is 4.74 Å².